The van der Waals surface area contributed by atoms with Crippen LogP contribution >= 0.6 is 11.6 Å². The van der Waals surface area contributed by atoms with E-state index in [1.165, 1.54) is 6.07 Å². The molecule has 0 aromatic heterocycles. The third kappa shape index (κ3) is 4.32. The number of nitrogens with zero attached hydrogens (tertiary/aromatic N) is 2. The zero-order chi connectivity index (χ0) is 16.1. The lowest BCUT2D eigenvalue weighted by Crippen LogP contribution is -2.40. The fourth-order valence-corrected chi connectivity index (χ4v) is 3.06. The number of anilines is 1. The zero-order valence-electron chi connectivity index (χ0n) is 13.0. The molecular formula is C15H22ClN3O3. The van der Waals surface area contributed by atoms with E-state index in [1.807, 2.05) is 6.92 Å². The van der Waals surface area contributed by atoms with Gasteiger partial charge in [-0.1, -0.05) is 11.6 Å². The summed E-state index contributed by atoms with van der Waals surface area (Å²) in [6.45, 7) is 5.59. The van der Waals surface area contributed by atoms with E-state index in [2.05, 4.69) is 10.2 Å². The Morgan fingerprint density at radius 3 is 2.68 bits per heavy atom. The van der Waals surface area contributed by atoms with Gasteiger partial charge < -0.3 is 15.0 Å². The molecule has 1 aliphatic rings. The maximum atomic E-state index is 10.8. The smallest absolute Gasteiger partial charge is 0.271 e. The van der Waals surface area contributed by atoms with Crippen molar-refractivity contribution in [2.24, 2.45) is 0 Å². The van der Waals surface area contributed by atoms with Crippen LogP contribution in [-0.4, -0.2) is 49.2 Å². The molecule has 1 fully saturated rings. The molecule has 1 N–H and O–H groups in total. The molecule has 22 heavy (non-hydrogen) atoms. The van der Waals surface area contributed by atoms with Crippen molar-refractivity contribution < 1.29 is 9.66 Å². The topological polar surface area (TPSA) is 67.6 Å². The Balaban J connectivity index is 1.96. The van der Waals surface area contributed by atoms with Crippen LogP contribution in [0, 0.1) is 17.0 Å². The summed E-state index contributed by atoms with van der Waals surface area (Å²) in [4.78, 5) is 12.8. The molecule has 1 aromatic rings. The van der Waals surface area contributed by atoms with Crippen molar-refractivity contribution in [1.82, 2.24) is 4.90 Å². The molecule has 0 radical (unpaired) electrons. The number of rotatable bonds is 6. The number of nitro benzene ring substituents is 1. The molecule has 122 valence electrons. The second-order valence-corrected chi connectivity index (χ2v) is 6.04. The molecule has 1 heterocycles. The summed E-state index contributed by atoms with van der Waals surface area (Å²) < 4.78 is 5.10. The van der Waals surface area contributed by atoms with Gasteiger partial charge in [0.1, 0.15) is 0 Å². The molecule has 0 saturated carbocycles. The largest absolute Gasteiger partial charge is 0.383 e. The molecule has 2 rings (SSSR count). The molecule has 1 aliphatic heterocycles. The predicted octanol–water partition coefficient (Wildman–Crippen LogP) is 3.08. The molecule has 0 amide bonds. The van der Waals surface area contributed by atoms with Crippen LogP contribution in [0.1, 0.15) is 18.4 Å². The number of aryl methyl sites for hydroxylation is 1. The van der Waals surface area contributed by atoms with Crippen molar-refractivity contribution in [1.29, 1.82) is 0 Å². The molecule has 1 saturated heterocycles. The lowest BCUT2D eigenvalue weighted by molar-refractivity contribution is -0.384. The second-order valence-electron chi connectivity index (χ2n) is 5.63. The van der Waals surface area contributed by atoms with Gasteiger partial charge >= 0.3 is 0 Å². The molecule has 0 spiro atoms. The molecule has 6 nitrogen and oxygen atoms in total. The van der Waals surface area contributed by atoms with Gasteiger partial charge in [0.2, 0.25) is 0 Å². The summed E-state index contributed by atoms with van der Waals surface area (Å²) in [5.41, 5.74) is 1.64. The number of piperidine rings is 1. The third-order valence-corrected chi connectivity index (χ3v) is 4.33. The highest BCUT2D eigenvalue weighted by Gasteiger charge is 2.21. The predicted molar refractivity (Wildman–Crippen MR) is 87.8 cm³/mol. The normalized spacial score (nSPS) is 16.7. The van der Waals surface area contributed by atoms with Crippen molar-refractivity contribution >= 4 is 23.0 Å². The quantitative estimate of drug-likeness (QED) is 0.642. The summed E-state index contributed by atoms with van der Waals surface area (Å²) in [5.74, 6) is 0. The van der Waals surface area contributed by atoms with E-state index < -0.39 is 4.92 Å². The number of hydrogen-bond donors (Lipinski definition) is 1. The third-order valence-electron chi connectivity index (χ3n) is 4.03. The number of nitrogens with one attached hydrogen (secondary N) is 1. The first-order valence-corrected chi connectivity index (χ1v) is 7.81. The highest BCUT2D eigenvalue weighted by atomic mass is 35.5. The maximum Gasteiger partial charge on any atom is 0.271 e. The Hall–Kier alpha value is -1.37. The van der Waals surface area contributed by atoms with Crippen LogP contribution in [0.3, 0.4) is 0 Å². The van der Waals surface area contributed by atoms with Crippen LogP contribution in [0.25, 0.3) is 0 Å². The van der Waals surface area contributed by atoms with E-state index in [0.29, 0.717) is 11.1 Å². The standard InChI is InChI=1S/C15H22ClN3O3/c1-11-9-13(19(20)21)10-14(16)15(11)17-12-3-5-18(6-4-12)7-8-22-2/h9-10,12,17H,3-8H2,1-2H3. The molecular weight excluding hydrogens is 306 g/mol. The number of hydrogen-bond acceptors (Lipinski definition) is 5. The first kappa shape index (κ1) is 17.0. The van der Waals surface area contributed by atoms with Gasteiger partial charge in [-0.25, -0.2) is 0 Å². The van der Waals surface area contributed by atoms with Crippen molar-refractivity contribution in [2.45, 2.75) is 25.8 Å². The molecule has 1 aromatic carbocycles. The minimum Gasteiger partial charge on any atom is -0.383 e. The van der Waals surface area contributed by atoms with Crippen LogP contribution in [0.2, 0.25) is 5.02 Å². The molecule has 7 heteroatoms. The van der Waals surface area contributed by atoms with Gasteiger partial charge in [-0.2, -0.15) is 0 Å². The van der Waals surface area contributed by atoms with Crippen molar-refractivity contribution in [3.8, 4) is 0 Å². The first-order valence-electron chi connectivity index (χ1n) is 7.43. The van der Waals surface area contributed by atoms with Gasteiger partial charge in [0.25, 0.3) is 5.69 Å². The van der Waals surface area contributed by atoms with E-state index in [1.54, 1.807) is 13.2 Å². The zero-order valence-corrected chi connectivity index (χ0v) is 13.7. The lowest BCUT2D eigenvalue weighted by atomic mass is 10.0. The van der Waals surface area contributed by atoms with Gasteiger partial charge in [-0.15, -0.1) is 0 Å². The number of halogens is 1. The van der Waals surface area contributed by atoms with Crippen molar-refractivity contribution in [2.75, 3.05) is 38.7 Å². The highest BCUT2D eigenvalue weighted by Crippen LogP contribution is 2.32. The monoisotopic (exact) mass is 327 g/mol. The summed E-state index contributed by atoms with van der Waals surface area (Å²) in [6.07, 6.45) is 2.05. The highest BCUT2D eigenvalue weighted by molar-refractivity contribution is 6.33. The maximum absolute atomic E-state index is 10.8. The van der Waals surface area contributed by atoms with Gasteiger partial charge in [0, 0.05) is 44.9 Å². The first-order chi connectivity index (χ1) is 10.5. The van der Waals surface area contributed by atoms with E-state index in [-0.39, 0.29) is 5.69 Å². The molecule has 0 unspecified atom stereocenters. The van der Waals surface area contributed by atoms with Gasteiger partial charge in [0.15, 0.2) is 0 Å². The lowest BCUT2D eigenvalue weighted by Gasteiger charge is -2.33. The van der Waals surface area contributed by atoms with Crippen LogP contribution in [-0.2, 0) is 4.74 Å². The average molecular weight is 328 g/mol. The van der Waals surface area contributed by atoms with Crippen molar-refractivity contribution in [3.05, 3.63) is 32.8 Å². The Kier molecular flexibility index (Phi) is 5.99. The van der Waals surface area contributed by atoms with Crippen LogP contribution in [0.4, 0.5) is 11.4 Å². The van der Waals surface area contributed by atoms with Gasteiger partial charge in [-0.05, 0) is 25.3 Å². The average Bonchev–Trinajstić information content (AvgIpc) is 2.49. The van der Waals surface area contributed by atoms with Gasteiger partial charge in [0.05, 0.1) is 22.2 Å². The van der Waals surface area contributed by atoms with Crippen LogP contribution in [0.5, 0.6) is 0 Å². The number of nitro groups is 1. The SMILES string of the molecule is COCCN1CCC(Nc2c(C)cc([N+](=O)[O-])cc2Cl)CC1. The number of ether oxygens (including phenoxy) is 1. The summed E-state index contributed by atoms with van der Waals surface area (Å²) in [6, 6.07) is 3.31. The number of non-ortho nitro benzene ring substituents is 1. The van der Waals surface area contributed by atoms with Crippen LogP contribution < -0.4 is 5.32 Å². The number of benzene rings is 1. The molecule has 0 atom stereocenters. The van der Waals surface area contributed by atoms with Crippen molar-refractivity contribution in [3.63, 3.8) is 0 Å². The Bertz CT molecular complexity index is 508. The van der Waals surface area contributed by atoms with Crippen LogP contribution in [0.15, 0.2) is 12.1 Å². The minimum absolute atomic E-state index is 0.0300. The Labute approximate surface area is 135 Å². The Morgan fingerprint density at radius 2 is 2.14 bits per heavy atom. The molecule has 0 bridgehead atoms. The Morgan fingerprint density at radius 1 is 1.45 bits per heavy atom. The summed E-state index contributed by atoms with van der Waals surface area (Å²) in [7, 11) is 1.72. The second kappa shape index (κ2) is 7.76. The van der Waals surface area contributed by atoms with Gasteiger partial charge in [-0.3, -0.25) is 10.1 Å². The van der Waals surface area contributed by atoms with E-state index in [9.17, 15) is 10.1 Å². The van der Waals surface area contributed by atoms with E-state index in [4.69, 9.17) is 16.3 Å². The number of methoxy groups -OCH3 is 1. The van der Waals surface area contributed by atoms with E-state index in [0.717, 1.165) is 50.3 Å². The fourth-order valence-electron chi connectivity index (χ4n) is 2.74. The number of likely N-dealkylation sites (tertiary alicyclic amines) is 1. The summed E-state index contributed by atoms with van der Waals surface area (Å²) in [5, 5.41) is 14.7. The summed E-state index contributed by atoms with van der Waals surface area (Å²) >= 11 is 6.20. The van der Waals surface area contributed by atoms with E-state index >= 15 is 0 Å². The fraction of sp³-hybridized carbons (Fsp3) is 0.600. The minimum atomic E-state index is -0.420. The molecule has 0 aliphatic carbocycles.